The summed E-state index contributed by atoms with van der Waals surface area (Å²) in [6, 6.07) is 0. The Balaban J connectivity index is 0. The molecule has 1 rings (SSSR count). The molecule has 0 unspecified atom stereocenters. The summed E-state index contributed by atoms with van der Waals surface area (Å²) >= 11 is 0. The molecule has 0 aliphatic carbocycles. The number of rotatable bonds is 5. The first kappa shape index (κ1) is 21.7. The van der Waals surface area contributed by atoms with Gasteiger partial charge in [-0.25, -0.2) is 0 Å². The molecular weight excluding hydrogens is 303 g/mol. The predicted molar refractivity (Wildman–Crippen MR) is 84.4 cm³/mol. The van der Waals surface area contributed by atoms with E-state index in [2.05, 4.69) is 24.1 Å². The second kappa shape index (κ2) is 11.1. The zero-order valence-corrected chi connectivity index (χ0v) is 13.8. The first-order valence-electron chi connectivity index (χ1n) is 6.49. The van der Waals surface area contributed by atoms with Crippen molar-refractivity contribution in [2.24, 2.45) is 11.7 Å². The number of halogens is 2. The monoisotopic (exact) mass is 328 g/mol. The molecule has 2 amide bonds. The molecule has 1 heterocycles. The summed E-state index contributed by atoms with van der Waals surface area (Å²) in [5.74, 6) is 0.332. The lowest BCUT2D eigenvalue weighted by Crippen LogP contribution is -2.52. The molecule has 8 heteroatoms. The Hall–Kier alpha value is -0.560. The van der Waals surface area contributed by atoms with Crippen LogP contribution in [-0.2, 0) is 9.59 Å². The van der Waals surface area contributed by atoms with Crippen molar-refractivity contribution in [3.8, 4) is 0 Å². The van der Waals surface area contributed by atoms with Gasteiger partial charge in [0.1, 0.15) is 0 Å². The lowest BCUT2D eigenvalue weighted by atomic mass is 10.2. The van der Waals surface area contributed by atoms with Crippen LogP contribution in [0.2, 0.25) is 0 Å². The molecule has 1 aliphatic rings. The number of hydrogen-bond donors (Lipinski definition) is 2. The second-order valence-corrected chi connectivity index (χ2v) is 5.06. The van der Waals surface area contributed by atoms with E-state index in [4.69, 9.17) is 5.73 Å². The van der Waals surface area contributed by atoms with E-state index >= 15 is 0 Å². The molecule has 6 nitrogen and oxygen atoms in total. The van der Waals surface area contributed by atoms with Gasteiger partial charge in [0.2, 0.25) is 11.8 Å². The highest BCUT2D eigenvalue weighted by Gasteiger charge is 2.21. The minimum Gasteiger partial charge on any atom is -0.346 e. The van der Waals surface area contributed by atoms with Crippen LogP contribution in [0.15, 0.2) is 0 Å². The summed E-state index contributed by atoms with van der Waals surface area (Å²) < 4.78 is 0. The quantitative estimate of drug-likeness (QED) is 0.726. The maximum absolute atomic E-state index is 11.8. The molecule has 3 N–H and O–H groups in total. The van der Waals surface area contributed by atoms with Gasteiger partial charge in [-0.1, -0.05) is 13.8 Å². The SMILES string of the molecule is CC(C)CN1CCN(C(=O)CNC(=O)CN)CC1.Cl.Cl. The molecule has 0 aromatic rings. The zero-order chi connectivity index (χ0) is 13.5. The maximum atomic E-state index is 11.8. The van der Waals surface area contributed by atoms with E-state index in [-0.39, 0.29) is 49.7 Å². The van der Waals surface area contributed by atoms with Crippen LogP contribution < -0.4 is 11.1 Å². The number of amides is 2. The van der Waals surface area contributed by atoms with Gasteiger partial charge >= 0.3 is 0 Å². The van der Waals surface area contributed by atoms with Crippen molar-refractivity contribution >= 4 is 36.6 Å². The molecule has 0 atom stereocenters. The minimum atomic E-state index is -0.290. The number of piperazine rings is 1. The van der Waals surface area contributed by atoms with Crippen molar-refractivity contribution in [2.75, 3.05) is 45.8 Å². The van der Waals surface area contributed by atoms with Gasteiger partial charge in [-0.15, -0.1) is 24.8 Å². The molecule has 1 aliphatic heterocycles. The Kier molecular flexibility index (Phi) is 12.1. The largest absolute Gasteiger partial charge is 0.346 e. The standard InChI is InChI=1S/C12H24N4O2.2ClH/c1-10(2)9-15-3-5-16(6-4-15)12(18)8-14-11(17)7-13;;/h10H,3-9,13H2,1-2H3,(H,14,17);2*1H. The van der Waals surface area contributed by atoms with Gasteiger partial charge in [0, 0.05) is 32.7 Å². The van der Waals surface area contributed by atoms with E-state index in [0.29, 0.717) is 5.92 Å². The molecule has 0 aromatic heterocycles. The Morgan fingerprint density at radius 1 is 1.15 bits per heavy atom. The van der Waals surface area contributed by atoms with Crippen LogP contribution in [0.3, 0.4) is 0 Å². The number of nitrogens with two attached hydrogens (primary N) is 1. The predicted octanol–water partition coefficient (Wildman–Crippen LogP) is -0.295. The average molecular weight is 329 g/mol. The average Bonchev–Trinajstić information content (AvgIpc) is 2.35. The number of carbonyl (C=O) groups excluding carboxylic acids is 2. The summed E-state index contributed by atoms with van der Waals surface area (Å²) in [7, 11) is 0. The zero-order valence-electron chi connectivity index (χ0n) is 12.1. The Bertz CT molecular complexity index is 295. The molecule has 0 bridgehead atoms. The van der Waals surface area contributed by atoms with Gasteiger partial charge in [0.05, 0.1) is 13.1 Å². The highest BCUT2D eigenvalue weighted by atomic mass is 35.5. The maximum Gasteiger partial charge on any atom is 0.242 e. The van der Waals surface area contributed by atoms with Gasteiger partial charge < -0.3 is 16.0 Å². The highest BCUT2D eigenvalue weighted by Crippen LogP contribution is 2.05. The van der Waals surface area contributed by atoms with Crippen molar-refractivity contribution in [2.45, 2.75) is 13.8 Å². The normalized spacial score (nSPS) is 15.3. The lowest BCUT2D eigenvalue weighted by Gasteiger charge is -2.35. The molecule has 0 spiro atoms. The Labute approximate surface area is 133 Å². The molecule has 0 saturated carbocycles. The smallest absolute Gasteiger partial charge is 0.242 e. The van der Waals surface area contributed by atoms with E-state index in [1.807, 2.05) is 0 Å². The van der Waals surface area contributed by atoms with E-state index in [0.717, 1.165) is 32.7 Å². The molecule has 1 fully saturated rings. The van der Waals surface area contributed by atoms with Crippen molar-refractivity contribution in [1.29, 1.82) is 0 Å². The third-order valence-corrected chi connectivity index (χ3v) is 2.97. The van der Waals surface area contributed by atoms with E-state index in [1.54, 1.807) is 4.90 Å². The number of nitrogens with zero attached hydrogens (tertiary/aromatic N) is 2. The fraction of sp³-hybridized carbons (Fsp3) is 0.833. The molecular formula is C12H26Cl2N4O2. The second-order valence-electron chi connectivity index (χ2n) is 5.06. The molecule has 0 aromatic carbocycles. The Morgan fingerprint density at radius 3 is 2.15 bits per heavy atom. The van der Waals surface area contributed by atoms with E-state index < -0.39 is 0 Å². The Morgan fingerprint density at radius 2 is 1.70 bits per heavy atom. The van der Waals surface area contributed by atoms with Crippen LogP contribution in [0, 0.1) is 5.92 Å². The number of nitrogens with one attached hydrogen (secondary N) is 1. The fourth-order valence-electron chi connectivity index (χ4n) is 2.05. The van der Waals surface area contributed by atoms with Crippen molar-refractivity contribution in [3.63, 3.8) is 0 Å². The first-order chi connectivity index (χ1) is 8.52. The first-order valence-corrected chi connectivity index (χ1v) is 6.49. The van der Waals surface area contributed by atoms with Crippen LogP contribution in [-0.4, -0.2) is 67.4 Å². The number of hydrogen-bond acceptors (Lipinski definition) is 4. The van der Waals surface area contributed by atoms with E-state index in [9.17, 15) is 9.59 Å². The number of carbonyl (C=O) groups is 2. The summed E-state index contributed by atoms with van der Waals surface area (Å²) in [4.78, 5) is 26.9. The molecule has 1 saturated heterocycles. The van der Waals surface area contributed by atoms with Crippen LogP contribution >= 0.6 is 24.8 Å². The van der Waals surface area contributed by atoms with Gasteiger partial charge in [-0.2, -0.15) is 0 Å². The summed E-state index contributed by atoms with van der Waals surface area (Å²) in [6.07, 6.45) is 0. The summed E-state index contributed by atoms with van der Waals surface area (Å²) in [5, 5.41) is 2.50. The van der Waals surface area contributed by atoms with Gasteiger partial charge in [0.25, 0.3) is 0 Å². The van der Waals surface area contributed by atoms with Gasteiger partial charge in [0.15, 0.2) is 0 Å². The van der Waals surface area contributed by atoms with Crippen molar-refractivity contribution < 1.29 is 9.59 Å². The highest BCUT2D eigenvalue weighted by molar-refractivity contribution is 5.86. The van der Waals surface area contributed by atoms with Crippen LogP contribution in [0.4, 0.5) is 0 Å². The third kappa shape index (κ3) is 7.89. The summed E-state index contributed by atoms with van der Waals surface area (Å²) in [6.45, 7) is 8.75. The van der Waals surface area contributed by atoms with Gasteiger partial charge in [-0.05, 0) is 5.92 Å². The lowest BCUT2D eigenvalue weighted by molar-refractivity contribution is -0.134. The fourth-order valence-corrected chi connectivity index (χ4v) is 2.05. The molecule has 20 heavy (non-hydrogen) atoms. The van der Waals surface area contributed by atoms with Crippen LogP contribution in [0.25, 0.3) is 0 Å². The van der Waals surface area contributed by atoms with E-state index in [1.165, 1.54) is 0 Å². The summed E-state index contributed by atoms with van der Waals surface area (Å²) in [5.41, 5.74) is 5.16. The topological polar surface area (TPSA) is 78.7 Å². The molecule has 120 valence electrons. The third-order valence-electron chi connectivity index (χ3n) is 2.97. The van der Waals surface area contributed by atoms with Crippen molar-refractivity contribution in [1.82, 2.24) is 15.1 Å². The minimum absolute atomic E-state index is 0. The van der Waals surface area contributed by atoms with Gasteiger partial charge in [-0.3, -0.25) is 14.5 Å². The van der Waals surface area contributed by atoms with Crippen molar-refractivity contribution in [3.05, 3.63) is 0 Å². The molecule has 0 radical (unpaired) electrons. The van der Waals surface area contributed by atoms with Crippen LogP contribution in [0.1, 0.15) is 13.8 Å². The van der Waals surface area contributed by atoms with Crippen LogP contribution in [0.5, 0.6) is 0 Å².